The van der Waals surface area contributed by atoms with Crippen LogP contribution in [0.2, 0.25) is 0 Å². The smallest absolute Gasteiger partial charge is 0.247 e. The summed E-state index contributed by atoms with van der Waals surface area (Å²) < 4.78 is 81.6. The van der Waals surface area contributed by atoms with Crippen LogP contribution >= 0.6 is 0 Å². The highest BCUT2D eigenvalue weighted by Gasteiger charge is 2.38. The summed E-state index contributed by atoms with van der Waals surface area (Å²) in [5.41, 5.74) is 4.24. The Kier molecular flexibility index (Phi) is 8.25. The molecule has 0 amide bonds. The number of nitriles is 4. The number of hydrogen-bond donors (Lipinski definition) is 0. The second-order valence-corrected chi connectivity index (χ2v) is 12.6. The van der Waals surface area contributed by atoms with Gasteiger partial charge < -0.3 is 0 Å². The van der Waals surface area contributed by atoms with Crippen molar-refractivity contribution in [2.24, 2.45) is 4.99 Å². The van der Waals surface area contributed by atoms with E-state index in [4.69, 9.17) is 4.99 Å². The zero-order valence-electron chi connectivity index (χ0n) is 27.5. The van der Waals surface area contributed by atoms with E-state index in [-0.39, 0.29) is 33.4 Å². The van der Waals surface area contributed by atoms with Gasteiger partial charge in [-0.1, -0.05) is 54.1 Å². The third-order valence-electron chi connectivity index (χ3n) is 9.56. The van der Waals surface area contributed by atoms with Crippen LogP contribution in [0.15, 0.2) is 118 Å². The fourth-order valence-electron chi connectivity index (χ4n) is 7.12. The molecule has 1 heterocycles. The molecule has 0 saturated heterocycles. The van der Waals surface area contributed by atoms with Gasteiger partial charge in [0.25, 0.3) is 0 Å². The summed E-state index contributed by atoms with van der Waals surface area (Å²) >= 11 is 0. The van der Waals surface area contributed by atoms with Crippen LogP contribution in [0.4, 0.5) is 26.3 Å². The van der Waals surface area contributed by atoms with Gasteiger partial charge in [-0.2, -0.15) is 47.4 Å². The van der Waals surface area contributed by atoms with Crippen LogP contribution in [0.25, 0.3) is 39.0 Å². The first kappa shape index (κ1) is 34.5. The number of benzene rings is 4. The summed E-state index contributed by atoms with van der Waals surface area (Å²) in [6.45, 7) is 1.84. The summed E-state index contributed by atoms with van der Waals surface area (Å²) in [4.78, 5) is 5.09. The Morgan fingerprint density at radius 2 is 1.04 bits per heavy atom. The molecule has 4 aromatic carbocycles. The Balaban J connectivity index is 1.46. The van der Waals surface area contributed by atoms with E-state index in [0.717, 1.165) is 29.8 Å². The minimum Gasteiger partial charge on any atom is -0.247 e. The van der Waals surface area contributed by atoms with Crippen molar-refractivity contribution in [1.82, 2.24) is 0 Å². The monoisotopic (exact) mass is 709 g/mol. The van der Waals surface area contributed by atoms with E-state index in [9.17, 15) is 47.4 Å². The SMILES string of the molecule is CC1=C2C(=NC3=C(CC1)c1ccc(-c4cccc(C(F)(F)F)c4)cc1C3=C(C#N)C#N)c1ccc(-c3cccc(C(F)(F)F)c3)cc1C2=C(C#N)C#N. The van der Waals surface area contributed by atoms with Crippen LogP contribution in [-0.4, -0.2) is 5.71 Å². The van der Waals surface area contributed by atoms with Gasteiger partial charge in [0.1, 0.15) is 35.4 Å². The van der Waals surface area contributed by atoms with Crippen molar-refractivity contribution in [3.63, 3.8) is 0 Å². The summed E-state index contributed by atoms with van der Waals surface area (Å²) in [7, 11) is 0. The number of aliphatic imine (C=N–C) groups is 1. The Hall–Kier alpha value is -6.95. The van der Waals surface area contributed by atoms with Crippen LogP contribution in [0.1, 0.15) is 53.1 Å². The number of halogens is 6. The number of nitrogens with zero attached hydrogens (tertiary/aromatic N) is 5. The van der Waals surface area contributed by atoms with Crippen molar-refractivity contribution in [3.8, 4) is 46.5 Å². The molecule has 0 fully saturated rings. The van der Waals surface area contributed by atoms with Gasteiger partial charge in [0.2, 0.25) is 0 Å². The molecule has 0 N–H and O–H groups in total. The normalized spacial score (nSPS) is 14.7. The summed E-state index contributed by atoms with van der Waals surface area (Å²) in [6, 6.07) is 27.4. The molecular weight excluding hydrogens is 688 g/mol. The number of fused-ring (bicyclic) bond motifs is 5. The van der Waals surface area contributed by atoms with E-state index in [2.05, 4.69) is 0 Å². The summed E-state index contributed by atoms with van der Waals surface area (Å²) in [6.07, 6.45) is -8.40. The van der Waals surface area contributed by atoms with Crippen molar-refractivity contribution >= 4 is 22.4 Å². The Bertz CT molecular complexity index is 2610. The molecule has 7 rings (SSSR count). The van der Waals surface area contributed by atoms with Gasteiger partial charge in [-0.3, -0.25) is 0 Å². The largest absolute Gasteiger partial charge is 0.416 e. The number of alkyl halides is 6. The van der Waals surface area contributed by atoms with E-state index in [1.165, 1.54) is 24.3 Å². The minimum absolute atomic E-state index is 0.195. The van der Waals surface area contributed by atoms with E-state index in [1.54, 1.807) is 36.4 Å². The first-order valence-electron chi connectivity index (χ1n) is 16.1. The van der Waals surface area contributed by atoms with Gasteiger partial charge in [0, 0.05) is 22.3 Å². The van der Waals surface area contributed by atoms with Gasteiger partial charge in [0.15, 0.2) is 0 Å². The molecule has 256 valence electrons. The van der Waals surface area contributed by atoms with E-state index in [0.29, 0.717) is 68.8 Å². The highest BCUT2D eigenvalue weighted by atomic mass is 19.4. The maximum Gasteiger partial charge on any atom is 0.416 e. The molecule has 0 bridgehead atoms. The van der Waals surface area contributed by atoms with Crippen molar-refractivity contribution in [2.75, 3.05) is 0 Å². The molecule has 0 spiro atoms. The minimum atomic E-state index is -4.58. The Labute approximate surface area is 299 Å². The molecule has 11 heteroatoms. The quantitative estimate of drug-likeness (QED) is 0.152. The highest BCUT2D eigenvalue weighted by molar-refractivity contribution is 6.31. The zero-order chi connectivity index (χ0) is 37.8. The Morgan fingerprint density at radius 1 is 0.566 bits per heavy atom. The number of allylic oxidation sites excluding steroid dienone is 7. The van der Waals surface area contributed by atoms with E-state index < -0.39 is 23.5 Å². The molecule has 5 nitrogen and oxygen atoms in total. The number of rotatable bonds is 2. The third-order valence-corrected chi connectivity index (χ3v) is 9.56. The topological polar surface area (TPSA) is 108 Å². The van der Waals surface area contributed by atoms with Crippen molar-refractivity contribution in [2.45, 2.75) is 32.1 Å². The fourth-order valence-corrected chi connectivity index (χ4v) is 7.12. The lowest BCUT2D eigenvalue weighted by Gasteiger charge is -2.16. The molecule has 0 saturated carbocycles. The molecule has 1 aliphatic heterocycles. The van der Waals surface area contributed by atoms with Crippen LogP contribution < -0.4 is 0 Å². The van der Waals surface area contributed by atoms with E-state index >= 15 is 0 Å². The first-order chi connectivity index (χ1) is 25.3. The second kappa shape index (κ2) is 12.7. The van der Waals surface area contributed by atoms with Crippen LogP contribution in [0, 0.1) is 45.3 Å². The Morgan fingerprint density at radius 3 is 1.55 bits per heavy atom. The second-order valence-electron chi connectivity index (χ2n) is 12.6. The third kappa shape index (κ3) is 5.79. The molecule has 4 aromatic rings. The molecular formula is C42H21F6N5. The summed E-state index contributed by atoms with van der Waals surface area (Å²) in [5, 5.41) is 40.4. The average molecular weight is 710 g/mol. The van der Waals surface area contributed by atoms with Gasteiger partial charge in [-0.15, -0.1) is 0 Å². The highest BCUT2D eigenvalue weighted by Crippen LogP contribution is 2.51. The van der Waals surface area contributed by atoms with Crippen LogP contribution in [0.5, 0.6) is 0 Å². The van der Waals surface area contributed by atoms with Crippen molar-refractivity contribution < 1.29 is 26.3 Å². The first-order valence-corrected chi connectivity index (χ1v) is 16.1. The molecule has 0 radical (unpaired) electrons. The van der Waals surface area contributed by atoms with Crippen molar-refractivity contribution in [1.29, 1.82) is 21.0 Å². The predicted octanol–water partition coefficient (Wildman–Crippen LogP) is 11.0. The van der Waals surface area contributed by atoms with Gasteiger partial charge >= 0.3 is 12.4 Å². The zero-order valence-corrected chi connectivity index (χ0v) is 27.5. The standard InChI is InChI=1S/C42H21F6N5/c1-22-8-11-32-31-12-9-25(23-4-2-6-29(14-23)41(43,44)45)16-34(31)38(28(20-51)21-52)40(32)53-39-33-13-10-26(24-5-3-7-30(15-24)42(46,47)48)17-35(33)37(36(22)39)27(18-49)19-50/h2-7,9-10,12-17H,8,11H2,1H3. The van der Waals surface area contributed by atoms with Crippen LogP contribution in [0.3, 0.4) is 0 Å². The van der Waals surface area contributed by atoms with Crippen molar-refractivity contribution in [3.05, 3.63) is 146 Å². The lowest BCUT2D eigenvalue weighted by atomic mass is 9.90. The molecule has 3 aliphatic rings. The molecule has 2 aliphatic carbocycles. The molecule has 53 heavy (non-hydrogen) atoms. The summed E-state index contributed by atoms with van der Waals surface area (Å²) in [5.74, 6) is 0. The maximum atomic E-state index is 13.6. The molecule has 0 unspecified atom stereocenters. The number of hydrogen-bond acceptors (Lipinski definition) is 5. The molecule has 0 aromatic heterocycles. The van der Waals surface area contributed by atoms with Gasteiger partial charge in [-0.25, -0.2) is 4.99 Å². The van der Waals surface area contributed by atoms with E-state index in [1.807, 2.05) is 31.2 Å². The predicted molar refractivity (Wildman–Crippen MR) is 185 cm³/mol. The molecule has 0 atom stereocenters. The average Bonchev–Trinajstić information content (AvgIpc) is 3.61. The maximum absolute atomic E-state index is 13.6. The van der Waals surface area contributed by atoms with Crippen LogP contribution in [-0.2, 0) is 12.4 Å². The lowest BCUT2D eigenvalue weighted by Crippen LogP contribution is -2.06. The van der Waals surface area contributed by atoms with Gasteiger partial charge in [0.05, 0.1) is 22.5 Å². The van der Waals surface area contributed by atoms with Gasteiger partial charge in [-0.05, 0) is 101 Å². The lowest BCUT2D eigenvalue weighted by molar-refractivity contribution is -0.138. The fraction of sp³-hybridized carbons (Fsp3) is 0.119.